The molecule has 2 aromatic carbocycles. The normalized spacial score (nSPS) is 11.5. The maximum Gasteiger partial charge on any atom is 0.352 e. The van der Waals surface area contributed by atoms with Gasteiger partial charge >= 0.3 is 5.97 Å². The van der Waals surface area contributed by atoms with Crippen LogP contribution in [0.1, 0.15) is 16.1 Å². The van der Waals surface area contributed by atoms with E-state index in [9.17, 15) is 23.4 Å². The van der Waals surface area contributed by atoms with Crippen molar-refractivity contribution in [1.29, 1.82) is 0 Å². The third-order valence-electron chi connectivity index (χ3n) is 5.17. The highest BCUT2D eigenvalue weighted by Crippen LogP contribution is 2.29. The molecule has 0 amide bonds. The first-order valence-corrected chi connectivity index (χ1v) is 11.9. The fraction of sp³-hybridized carbons (Fsp3) is 0.318. The first-order chi connectivity index (χ1) is 15.1. The Hall–Kier alpha value is -3.24. The molecule has 0 saturated carbocycles. The second-order valence-corrected chi connectivity index (χ2v) is 9.22. The van der Waals surface area contributed by atoms with E-state index < -0.39 is 16.0 Å². The average molecular weight is 462 g/mol. The minimum absolute atomic E-state index is 0.111. The summed E-state index contributed by atoms with van der Waals surface area (Å²) in [5.74, 6) is -0.397. The Balaban J connectivity index is 1.78. The number of sulfonamides is 1. The van der Waals surface area contributed by atoms with Gasteiger partial charge in [-0.2, -0.15) is 0 Å². The highest BCUT2D eigenvalue weighted by atomic mass is 32.2. The quantitative estimate of drug-likeness (QED) is 0.424. The molecule has 32 heavy (non-hydrogen) atoms. The van der Waals surface area contributed by atoms with E-state index in [1.54, 1.807) is 54.9 Å². The third kappa shape index (κ3) is 5.14. The van der Waals surface area contributed by atoms with Crippen molar-refractivity contribution in [2.24, 2.45) is 7.05 Å². The molecule has 0 radical (unpaired) electrons. The van der Waals surface area contributed by atoms with Crippen molar-refractivity contribution in [3.63, 3.8) is 0 Å². The molecule has 0 aliphatic carbocycles. The summed E-state index contributed by atoms with van der Waals surface area (Å²) < 4.78 is 33.4. The Morgan fingerprint density at radius 1 is 1.19 bits per heavy atom. The van der Waals surface area contributed by atoms with Crippen molar-refractivity contribution in [3.8, 4) is 5.75 Å². The number of rotatable bonds is 10. The highest BCUT2D eigenvalue weighted by molar-refractivity contribution is 7.92. The zero-order chi connectivity index (χ0) is 23.5. The summed E-state index contributed by atoms with van der Waals surface area (Å²) in [6.07, 6.45) is 1.08. The number of ether oxygens (including phenoxy) is 1. The van der Waals surface area contributed by atoms with Crippen molar-refractivity contribution in [3.05, 3.63) is 53.7 Å². The lowest BCUT2D eigenvalue weighted by Crippen LogP contribution is -2.32. The van der Waals surface area contributed by atoms with Crippen LogP contribution in [0.25, 0.3) is 10.9 Å². The molecule has 1 heterocycles. The van der Waals surface area contributed by atoms with Crippen molar-refractivity contribution in [1.82, 2.24) is 4.57 Å². The maximum absolute atomic E-state index is 11.7. The number of aryl methyl sites for hydroxylation is 2. The van der Waals surface area contributed by atoms with Crippen LogP contribution in [-0.2, 0) is 17.1 Å². The van der Waals surface area contributed by atoms with E-state index in [1.807, 2.05) is 11.0 Å². The number of aliphatic hydroxyl groups is 1. The number of aromatic nitrogens is 1. The average Bonchev–Trinajstić information content (AvgIpc) is 2.96. The minimum atomic E-state index is -3.46. The predicted molar refractivity (Wildman–Crippen MR) is 124 cm³/mol. The predicted octanol–water partition coefficient (Wildman–Crippen LogP) is 2.43. The monoisotopic (exact) mass is 461 g/mol. The largest absolute Gasteiger partial charge is 0.492 e. The van der Waals surface area contributed by atoms with Crippen LogP contribution < -0.4 is 14.4 Å². The first-order valence-electron chi connectivity index (χ1n) is 10.00. The molecule has 10 heteroatoms. The van der Waals surface area contributed by atoms with Crippen molar-refractivity contribution in [2.75, 3.05) is 42.2 Å². The van der Waals surface area contributed by atoms with E-state index in [0.717, 1.165) is 17.2 Å². The number of carboxylic acids is 1. The molecule has 9 nitrogen and oxygen atoms in total. The maximum atomic E-state index is 11.7. The Bertz CT molecular complexity index is 1240. The van der Waals surface area contributed by atoms with Crippen LogP contribution >= 0.6 is 0 Å². The van der Waals surface area contributed by atoms with Gasteiger partial charge in [-0.05, 0) is 36.8 Å². The van der Waals surface area contributed by atoms with Crippen LogP contribution in [0.3, 0.4) is 0 Å². The van der Waals surface area contributed by atoms with Gasteiger partial charge in [0.2, 0.25) is 10.0 Å². The Kier molecular flexibility index (Phi) is 6.95. The number of para-hydroxylation sites is 2. The number of aromatic carboxylic acids is 1. The van der Waals surface area contributed by atoms with Crippen LogP contribution in [0.5, 0.6) is 5.75 Å². The summed E-state index contributed by atoms with van der Waals surface area (Å²) in [6.45, 7) is 2.63. The van der Waals surface area contributed by atoms with Crippen LogP contribution in [0, 0.1) is 6.92 Å². The Morgan fingerprint density at radius 2 is 1.91 bits per heavy atom. The van der Waals surface area contributed by atoms with Gasteiger partial charge in [0.25, 0.3) is 0 Å². The molecule has 0 atom stereocenters. The molecule has 172 valence electrons. The van der Waals surface area contributed by atoms with Gasteiger partial charge in [0.15, 0.2) is 0 Å². The van der Waals surface area contributed by atoms with Crippen molar-refractivity contribution < 1.29 is 28.2 Å². The molecule has 0 saturated heterocycles. The highest BCUT2D eigenvalue weighted by Gasteiger charge is 2.18. The van der Waals surface area contributed by atoms with Gasteiger partial charge in [-0.25, -0.2) is 13.2 Å². The van der Waals surface area contributed by atoms with E-state index in [4.69, 9.17) is 4.74 Å². The van der Waals surface area contributed by atoms with Crippen LogP contribution in [-0.4, -0.2) is 61.7 Å². The SMILES string of the molecule is Cc1c(C(=O)O)n(C)c2cc(OCCN(CCO)c3ccccc3NS(C)(=O)=O)ccc12. The lowest BCUT2D eigenvalue weighted by atomic mass is 10.1. The van der Waals surface area contributed by atoms with Gasteiger partial charge < -0.3 is 24.4 Å². The molecule has 3 N–H and O–H groups in total. The minimum Gasteiger partial charge on any atom is -0.492 e. The molecule has 0 aliphatic rings. The van der Waals surface area contributed by atoms with Crippen LogP contribution in [0.2, 0.25) is 0 Å². The standard InChI is InChI=1S/C22H27N3O6S/c1-15-17-9-8-16(14-20(17)24(2)21(15)22(27)28)31-13-11-25(10-12-26)19-7-5-4-6-18(19)23-32(3,29)30/h4-9,14,23,26H,10-13H2,1-3H3,(H,27,28). The number of aliphatic hydroxyl groups excluding tert-OH is 1. The third-order valence-corrected chi connectivity index (χ3v) is 5.76. The molecular weight excluding hydrogens is 434 g/mol. The topological polar surface area (TPSA) is 121 Å². The second-order valence-electron chi connectivity index (χ2n) is 7.47. The van der Waals surface area contributed by atoms with E-state index in [0.29, 0.717) is 35.8 Å². The molecule has 1 aromatic heterocycles. The summed E-state index contributed by atoms with van der Waals surface area (Å²) in [4.78, 5) is 13.4. The molecule has 0 spiro atoms. The summed E-state index contributed by atoms with van der Waals surface area (Å²) in [5, 5.41) is 19.8. The molecular formula is C22H27N3O6S. The van der Waals surface area contributed by atoms with Gasteiger partial charge in [0.1, 0.15) is 18.1 Å². The van der Waals surface area contributed by atoms with E-state index in [1.165, 1.54) is 0 Å². The van der Waals surface area contributed by atoms with Gasteiger partial charge in [0, 0.05) is 25.0 Å². The van der Waals surface area contributed by atoms with E-state index >= 15 is 0 Å². The van der Waals surface area contributed by atoms with Crippen molar-refractivity contribution >= 4 is 38.3 Å². The number of nitrogens with zero attached hydrogens (tertiary/aromatic N) is 2. The van der Waals surface area contributed by atoms with Gasteiger partial charge in [-0.1, -0.05) is 12.1 Å². The second kappa shape index (κ2) is 9.49. The Morgan fingerprint density at radius 3 is 2.56 bits per heavy atom. The van der Waals surface area contributed by atoms with E-state index in [-0.39, 0.29) is 18.9 Å². The van der Waals surface area contributed by atoms with E-state index in [2.05, 4.69) is 4.72 Å². The van der Waals surface area contributed by atoms with Gasteiger partial charge in [-0.15, -0.1) is 0 Å². The number of carboxylic acid groups (broad SMARTS) is 1. The summed E-state index contributed by atoms with van der Waals surface area (Å²) in [7, 11) is -1.75. The van der Waals surface area contributed by atoms with Crippen LogP contribution in [0.4, 0.5) is 11.4 Å². The fourth-order valence-electron chi connectivity index (χ4n) is 3.78. The smallest absolute Gasteiger partial charge is 0.352 e. The van der Waals surface area contributed by atoms with Crippen LogP contribution in [0.15, 0.2) is 42.5 Å². The molecule has 0 unspecified atom stereocenters. The number of carbonyl (C=O) groups is 1. The number of nitrogens with one attached hydrogen (secondary N) is 1. The number of benzene rings is 2. The summed E-state index contributed by atoms with van der Waals surface area (Å²) >= 11 is 0. The summed E-state index contributed by atoms with van der Waals surface area (Å²) in [5.41, 5.74) is 2.75. The zero-order valence-electron chi connectivity index (χ0n) is 18.2. The lowest BCUT2D eigenvalue weighted by Gasteiger charge is -2.26. The molecule has 3 rings (SSSR count). The molecule has 0 fully saturated rings. The molecule has 0 aliphatic heterocycles. The fourth-order valence-corrected chi connectivity index (χ4v) is 4.35. The summed E-state index contributed by atoms with van der Waals surface area (Å²) in [6, 6.07) is 12.4. The van der Waals surface area contributed by atoms with Gasteiger partial charge in [-0.3, -0.25) is 4.72 Å². The zero-order valence-corrected chi connectivity index (χ0v) is 19.0. The lowest BCUT2D eigenvalue weighted by molar-refractivity contribution is 0.0686. The van der Waals surface area contributed by atoms with Gasteiger partial charge in [0.05, 0.1) is 36.3 Å². The number of hydrogen-bond donors (Lipinski definition) is 3. The van der Waals surface area contributed by atoms with Crippen molar-refractivity contribution in [2.45, 2.75) is 6.92 Å². The number of anilines is 2. The molecule has 0 bridgehead atoms. The number of hydrogen-bond acceptors (Lipinski definition) is 6. The molecule has 3 aromatic rings. The Labute approximate surface area is 186 Å². The number of fused-ring (bicyclic) bond motifs is 1. The first kappa shape index (κ1) is 23.4.